The van der Waals surface area contributed by atoms with E-state index in [2.05, 4.69) is 30.9 Å². The SMILES string of the molecule is O=C(O)Cc1ccc(Nc2ncc3nnn(-c4cccc(CNC(=O)C56CC7CC(CC(C7)C5)C6)c4)c3n2)cc1. The van der Waals surface area contributed by atoms with Crippen LogP contribution in [0.25, 0.3) is 16.9 Å². The molecule has 0 aliphatic heterocycles. The molecule has 0 radical (unpaired) electrons. The van der Waals surface area contributed by atoms with Gasteiger partial charge in [-0.25, -0.2) is 4.98 Å². The second-order valence-corrected chi connectivity index (χ2v) is 11.8. The third kappa shape index (κ3) is 4.67. The Morgan fingerprint density at radius 1 is 0.975 bits per heavy atom. The number of hydrogen-bond donors (Lipinski definition) is 3. The predicted molar refractivity (Wildman–Crippen MR) is 148 cm³/mol. The van der Waals surface area contributed by atoms with Gasteiger partial charge in [0.2, 0.25) is 11.9 Å². The highest BCUT2D eigenvalue weighted by Gasteiger charge is 2.54. The monoisotopic (exact) mass is 537 g/mol. The molecule has 2 aromatic carbocycles. The number of fused-ring (bicyclic) bond motifs is 1. The molecule has 40 heavy (non-hydrogen) atoms. The summed E-state index contributed by atoms with van der Waals surface area (Å²) in [5.41, 5.74) is 4.19. The van der Waals surface area contributed by atoms with Crippen molar-refractivity contribution in [1.29, 1.82) is 0 Å². The molecule has 0 saturated heterocycles. The topological polar surface area (TPSA) is 135 Å². The number of benzene rings is 2. The van der Waals surface area contributed by atoms with Crippen LogP contribution in [0.3, 0.4) is 0 Å². The van der Waals surface area contributed by atoms with Crippen LogP contribution in [0.1, 0.15) is 49.7 Å². The number of carbonyl (C=O) groups is 2. The summed E-state index contributed by atoms with van der Waals surface area (Å²) < 4.78 is 1.67. The maximum absolute atomic E-state index is 13.4. The number of hydrogen-bond acceptors (Lipinski definition) is 7. The van der Waals surface area contributed by atoms with Crippen LogP contribution >= 0.6 is 0 Å². The Balaban J connectivity index is 1.06. The van der Waals surface area contributed by atoms with Crippen LogP contribution in [-0.4, -0.2) is 41.9 Å². The van der Waals surface area contributed by atoms with Gasteiger partial charge in [0.1, 0.15) is 0 Å². The number of carboxylic acids is 1. The van der Waals surface area contributed by atoms with Crippen molar-refractivity contribution in [2.45, 2.75) is 51.5 Å². The summed E-state index contributed by atoms with van der Waals surface area (Å²) in [6.07, 6.45) is 8.71. The summed E-state index contributed by atoms with van der Waals surface area (Å²) in [4.78, 5) is 33.3. The summed E-state index contributed by atoms with van der Waals surface area (Å²) in [7, 11) is 0. The number of anilines is 2. The van der Waals surface area contributed by atoms with Crippen molar-refractivity contribution in [2.75, 3.05) is 5.32 Å². The molecule has 3 N–H and O–H groups in total. The molecular formula is C30H31N7O3. The number of nitrogens with one attached hydrogen (secondary N) is 2. The lowest BCUT2D eigenvalue weighted by molar-refractivity contribution is -0.146. The van der Waals surface area contributed by atoms with Gasteiger partial charge in [0.15, 0.2) is 11.2 Å². The highest BCUT2D eigenvalue weighted by Crippen LogP contribution is 2.60. The number of nitrogens with zero attached hydrogens (tertiary/aromatic N) is 5. The minimum absolute atomic E-state index is 0.0292. The molecule has 4 aliphatic rings. The van der Waals surface area contributed by atoms with Crippen molar-refractivity contribution in [3.05, 3.63) is 65.9 Å². The van der Waals surface area contributed by atoms with Crippen molar-refractivity contribution in [3.8, 4) is 5.69 Å². The Bertz CT molecular complexity index is 1560. The predicted octanol–water partition coefficient (Wildman–Crippen LogP) is 4.41. The standard InChI is InChI=1S/C30H31N7O3/c38-26(39)12-18-4-6-23(7-5-18)33-29-32-17-25-27(34-29)37(36-35-25)24-3-1-2-19(11-24)16-31-28(40)30-13-20-8-21(14-30)10-22(9-20)15-30/h1-7,11,17,20-22H,8-10,12-16H2,(H,31,40)(H,38,39)(H,32,33,34). The highest BCUT2D eigenvalue weighted by atomic mass is 16.4. The van der Waals surface area contributed by atoms with E-state index in [1.54, 1.807) is 35.1 Å². The molecule has 8 rings (SSSR count). The van der Waals surface area contributed by atoms with Crippen LogP contribution in [-0.2, 0) is 22.6 Å². The fourth-order valence-electron chi connectivity index (χ4n) is 7.53. The van der Waals surface area contributed by atoms with E-state index in [0.29, 0.717) is 29.2 Å². The van der Waals surface area contributed by atoms with Crippen LogP contribution in [0.2, 0.25) is 0 Å². The van der Waals surface area contributed by atoms with Gasteiger partial charge in [0.25, 0.3) is 0 Å². The zero-order valence-electron chi connectivity index (χ0n) is 22.1. The maximum atomic E-state index is 13.4. The number of aromatic nitrogens is 5. The molecule has 2 heterocycles. The van der Waals surface area contributed by atoms with Crippen molar-refractivity contribution in [3.63, 3.8) is 0 Å². The Hall–Kier alpha value is -4.34. The average Bonchev–Trinajstić information content (AvgIpc) is 3.35. The molecule has 1 amide bonds. The minimum atomic E-state index is -0.871. The van der Waals surface area contributed by atoms with Crippen LogP contribution < -0.4 is 10.6 Å². The summed E-state index contributed by atoms with van der Waals surface area (Å²) in [6, 6.07) is 15.0. The first-order valence-corrected chi connectivity index (χ1v) is 14.0. The number of amides is 1. The molecule has 4 aliphatic carbocycles. The van der Waals surface area contributed by atoms with E-state index in [1.807, 2.05) is 24.3 Å². The van der Waals surface area contributed by atoms with Crippen LogP contribution in [0.5, 0.6) is 0 Å². The Morgan fingerprint density at radius 3 is 2.40 bits per heavy atom. The summed E-state index contributed by atoms with van der Waals surface area (Å²) in [5, 5.41) is 23.9. The summed E-state index contributed by atoms with van der Waals surface area (Å²) in [6.45, 7) is 0.473. The van der Waals surface area contributed by atoms with E-state index in [4.69, 9.17) is 5.11 Å². The van der Waals surface area contributed by atoms with Gasteiger partial charge in [-0.3, -0.25) is 9.59 Å². The largest absolute Gasteiger partial charge is 0.481 e. The van der Waals surface area contributed by atoms with Gasteiger partial charge in [-0.1, -0.05) is 29.5 Å². The maximum Gasteiger partial charge on any atom is 0.307 e. The van der Waals surface area contributed by atoms with Crippen LogP contribution in [0.15, 0.2) is 54.7 Å². The third-order valence-electron chi connectivity index (χ3n) is 8.89. The Kier molecular flexibility index (Phi) is 5.98. The van der Waals surface area contributed by atoms with Gasteiger partial charge in [0.05, 0.1) is 18.3 Å². The van der Waals surface area contributed by atoms with Crippen molar-refractivity contribution in [1.82, 2.24) is 30.3 Å². The molecule has 4 bridgehead atoms. The highest BCUT2D eigenvalue weighted by molar-refractivity contribution is 5.83. The molecule has 10 heteroatoms. The molecular weight excluding hydrogens is 506 g/mol. The lowest BCUT2D eigenvalue weighted by atomic mass is 9.49. The number of rotatable bonds is 8. The molecule has 0 atom stereocenters. The van der Waals surface area contributed by atoms with E-state index < -0.39 is 5.97 Å². The smallest absolute Gasteiger partial charge is 0.307 e. The second-order valence-electron chi connectivity index (χ2n) is 11.8. The third-order valence-corrected chi connectivity index (χ3v) is 8.89. The first kappa shape index (κ1) is 24.7. The molecule has 10 nitrogen and oxygen atoms in total. The summed E-state index contributed by atoms with van der Waals surface area (Å²) in [5.74, 6) is 1.93. The van der Waals surface area contributed by atoms with Crippen molar-refractivity contribution < 1.29 is 14.7 Å². The molecule has 204 valence electrons. The molecule has 4 aromatic rings. The van der Waals surface area contributed by atoms with E-state index >= 15 is 0 Å². The minimum Gasteiger partial charge on any atom is -0.481 e. The van der Waals surface area contributed by atoms with E-state index in [-0.39, 0.29) is 17.7 Å². The molecule has 4 fully saturated rings. The van der Waals surface area contributed by atoms with Gasteiger partial charge in [-0.2, -0.15) is 9.67 Å². The number of carboxylic acid groups (broad SMARTS) is 1. The zero-order valence-corrected chi connectivity index (χ0v) is 22.1. The lowest BCUT2D eigenvalue weighted by Gasteiger charge is -2.55. The first-order valence-electron chi connectivity index (χ1n) is 14.0. The van der Waals surface area contributed by atoms with E-state index in [0.717, 1.165) is 54.0 Å². The molecule has 2 aromatic heterocycles. The van der Waals surface area contributed by atoms with Crippen molar-refractivity contribution >= 4 is 34.7 Å². The molecule has 0 spiro atoms. The van der Waals surface area contributed by atoms with Gasteiger partial charge in [0, 0.05) is 17.6 Å². The lowest BCUT2D eigenvalue weighted by Crippen LogP contribution is -2.53. The Morgan fingerprint density at radius 2 is 1.70 bits per heavy atom. The van der Waals surface area contributed by atoms with Crippen LogP contribution in [0.4, 0.5) is 11.6 Å². The molecule has 0 unspecified atom stereocenters. The summed E-state index contributed by atoms with van der Waals surface area (Å²) >= 11 is 0. The van der Waals surface area contributed by atoms with Crippen molar-refractivity contribution in [2.24, 2.45) is 23.2 Å². The van der Waals surface area contributed by atoms with Crippen LogP contribution in [0, 0.1) is 23.2 Å². The van der Waals surface area contributed by atoms with Gasteiger partial charge < -0.3 is 15.7 Å². The Labute approximate surface area is 231 Å². The fourth-order valence-corrected chi connectivity index (χ4v) is 7.53. The van der Waals surface area contributed by atoms with E-state index in [9.17, 15) is 9.59 Å². The fraction of sp³-hybridized carbons (Fsp3) is 0.400. The van der Waals surface area contributed by atoms with E-state index in [1.165, 1.54) is 19.3 Å². The number of aliphatic carboxylic acids is 1. The van der Waals surface area contributed by atoms with Gasteiger partial charge >= 0.3 is 5.97 Å². The number of carbonyl (C=O) groups excluding carboxylic acids is 1. The average molecular weight is 538 g/mol. The second kappa shape index (κ2) is 9.69. The first-order chi connectivity index (χ1) is 19.4. The molecule has 4 saturated carbocycles. The quantitative estimate of drug-likeness (QED) is 0.301. The van der Waals surface area contributed by atoms with Gasteiger partial charge in [-0.15, -0.1) is 5.10 Å². The zero-order chi connectivity index (χ0) is 27.3. The normalized spacial score (nSPS) is 24.8. The van der Waals surface area contributed by atoms with Gasteiger partial charge in [-0.05, 0) is 91.7 Å².